The number of rotatable bonds is 4. The van der Waals surface area contributed by atoms with E-state index in [9.17, 15) is 4.79 Å². The van der Waals surface area contributed by atoms with Gasteiger partial charge in [-0.3, -0.25) is 4.79 Å². The van der Waals surface area contributed by atoms with Crippen molar-refractivity contribution in [3.05, 3.63) is 63.7 Å². The Bertz CT molecular complexity index is 1000. The molecule has 0 saturated heterocycles. The predicted molar refractivity (Wildman–Crippen MR) is 111 cm³/mol. The lowest BCUT2D eigenvalue weighted by Gasteiger charge is -2.10. The van der Waals surface area contributed by atoms with Crippen molar-refractivity contribution in [3.8, 4) is 0 Å². The maximum Gasteiger partial charge on any atom is 0.234 e. The molecular weight excluding hydrogens is 364 g/mol. The van der Waals surface area contributed by atoms with E-state index in [-0.39, 0.29) is 5.91 Å². The molecule has 0 aliphatic rings. The van der Waals surface area contributed by atoms with Crippen molar-refractivity contribution < 1.29 is 4.79 Å². The number of amides is 1. The average molecular weight is 385 g/mol. The minimum Gasteiger partial charge on any atom is -0.325 e. The number of thioether (sulfide) groups is 1. The van der Waals surface area contributed by atoms with Gasteiger partial charge in [-0.05, 0) is 68.7 Å². The number of anilines is 1. The lowest BCUT2D eigenvalue weighted by Crippen LogP contribution is -2.14. The van der Waals surface area contributed by atoms with Gasteiger partial charge in [-0.15, -0.1) is 0 Å². The van der Waals surface area contributed by atoms with E-state index in [1.54, 1.807) is 6.07 Å². The molecule has 0 fully saturated rings. The van der Waals surface area contributed by atoms with Crippen LogP contribution in [0, 0.1) is 27.7 Å². The highest BCUT2D eigenvalue weighted by molar-refractivity contribution is 7.99. The molecule has 2 aromatic carbocycles. The maximum absolute atomic E-state index is 12.2. The molecule has 0 aliphatic carbocycles. The van der Waals surface area contributed by atoms with E-state index >= 15 is 0 Å². The number of fused-ring (bicyclic) bond motifs is 1. The van der Waals surface area contributed by atoms with Crippen LogP contribution < -0.4 is 5.32 Å². The van der Waals surface area contributed by atoms with Gasteiger partial charge in [0.1, 0.15) is 0 Å². The van der Waals surface area contributed by atoms with Crippen molar-refractivity contribution in [2.24, 2.45) is 0 Å². The van der Waals surface area contributed by atoms with E-state index in [1.807, 2.05) is 25.1 Å². The molecule has 3 nitrogen and oxygen atoms in total. The Hall–Kier alpha value is -2.04. The summed E-state index contributed by atoms with van der Waals surface area (Å²) in [6, 6.07) is 11.9. The Morgan fingerprint density at radius 3 is 2.54 bits per heavy atom. The van der Waals surface area contributed by atoms with Crippen molar-refractivity contribution in [1.82, 2.24) is 4.98 Å². The normalized spacial score (nSPS) is 11.0. The molecule has 5 heteroatoms. The lowest BCUT2D eigenvalue weighted by molar-refractivity contribution is -0.113. The zero-order valence-electron chi connectivity index (χ0n) is 15.3. The Balaban J connectivity index is 1.73. The average Bonchev–Trinajstić information content (AvgIpc) is 2.57. The van der Waals surface area contributed by atoms with E-state index in [4.69, 9.17) is 16.6 Å². The van der Waals surface area contributed by atoms with Crippen molar-refractivity contribution >= 4 is 45.9 Å². The first kappa shape index (κ1) is 18.7. The van der Waals surface area contributed by atoms with Gasteiger partial charge in [0.15, 0.2) is 0 Å². The first-order valence-electron chi connectivity index (χ1n) is 8.41. The summed E-state index contributed by atoms with van der Waals surface area (Å²) < 4.78 is 0. The molecule has 3 rings (SSSR count). The van der Waals surface area contributed by atoms with E-state index in [0.717, 1.165) is 21.7 Å². The highest BCUT2D eigenvalue weighted by Gasteiger charge is 2.10. The summed E-state index contributed by atoms with van der Waals surface area (Å²) in [4.78, 5) is 17.0. The number of hydrogen-bond acceptors (Lipinski definition) is 3. The summed E-state index contributed by atoms with van der Waals surface area (Å²) >= 11 is 7.54. The summed E-state index contributed by atoms with van der Waals surface area (Å²) in [6.45, 7) is 8.18. The summed E-state index contributed by atoms with van der Waals surface area (Å²) in [5.74, 6) is 0.226. The van der Waals surface area contributed by atoms with Gasteiger partial charge in [0.05, 0.1) is 16.3 Å². The summed E-state index contributed by atoms with van der Waals surface area (Å²) in [5.41, 5.74) is 6.26. The number of aryl methyl sites for hydroxylation is 4. The second-order valence-electron chi connectivity index (χ2n) is 6.56. The smallest absolute Gasteiger partial charge is 0.234 e. The third-order valence-electron chi connectivity index (χ3n) is 4.24. The summed E-state index contributed by atoms with van der Waals surface area (Å²) in [7, 11) is 0. The van der Waals surface area contributed by atoms with Gasteiger partial charge in [0.25, 0.3) is 0 Å². The minimum absolute atomic E-state index is 0.0740. The van der Waals surface area contributed by atoms with Crippen LogP contribution in [-0.2, 0) is 4.79 Å². The topological polar surface area (TPSA) is 42.0 Å². The first-order chi connectivity index (χ1) is 12.3. The van der Waals surface area contributed by atoms with Gasteiger partial charge < -0.3 is 5.32 Å². The number of carbonyl (C=O) groups excluding carboxylic acids is 1. The van der Waals surface area contributed by atoms with Crippen molar-refractivity contribution in [2.45, 2.75) is 32.7 Å². The Kier molecular flexibility index (Phi) is 5.54. The van der Waals surface area contributed by atoms with Gasteiger partial charge in [0, 0.05) is 16.1 Å². The molecular formula is C21H21ClN2OS. The molecule has 1 heterocycles. The third-order valence-corrected chi connectivity index (χ3v) is 5.56. The largest absolute Gasteiger partial charge is 0.325 e. The molecule has 1 aromatic heterocycles. The standard InChI is InChI=1S/C21H21ClN2OS/c1-12-7-15(4)21-17(8-12)14(3)9-20(24-21)26-11-19(25)23-16-6-5-13(2)18(22)10-16/h5-10H,11H2,1-4H3,(H,23,25). The number of benzene rings is 2. The number of aromatic nitrogens is 1. The Morgan fingerprint density at radius 2 is 1.81 bits per heavy atom. The van der Waals surface area contributed by atoms with E-state index < -0.39 is 0 Å². The van der Waals surface area contributed by atoms with E-state index in [2.05, 4.69) is 38.2 Å². The molecule has 0 saturated carbocycles. The van der Waals surface area contributed by atoms with Gasteiger partial charge in [-0.2, -0.15) is 0 Å². The van der Waals surface area contributed by atoms with Crippen LogP contribution in [0.1, 0.15) is 22.3 Å². The zero-order valence-corrected chi connectivity index (χ0v) is 16.9. The summed E-state index contributed by atoms with van der Waals surface area (Å²) in [6.07, 6.45) is 0. The minimum atomic E-state index is -0.0740. The SMILES string of the molecule is Cc1cc(C)c2nc(SCC(=O)Nc3ccc(C)c(Cl)c3)cc(C)c2c1. The fourth-order valence-electron chi connectivity index (χ4n) is 2.90. The second-order valence-corrected chi connectivity index (χ2v) is 7.96. The Morgan fingerprint density at radius 1 is 1.04 bits per heavy atom. The third kappa shape index (κ3) is 4.19. The molecule has 26 heavy (non-hydrogen) atoms. The quantitative estimate of drug-likeness (QED) is 0.573. The number of nitrogens with zero attached hydrogens (tertiary/aromatic N) is 1. The number of nitrogens with one attached hydrogen (secondary N) is 1. The monoisotopic (exact) mass is 384 g/mol. The van der Waals surface area contributed by atoms with Gasteiger partial charge in [-0.1, -0.05) is 41.1 Å². The van der Waals surface area contributed by atoms with E-state index in [1.165, 1.54) is 28.3 Å². The molecule has 0 atom stereocenters. The predicted octanol–water partition coefficient (Wildman–Crippen LogP) is 5.85. The number of carbonyl (C=O) groups is 1. The number of halogens is 1. The Labute approximate surface area is 163 Å². The van der Waals surface area contributed by atoms with Gasteiger partial charge in [-0.25, -0.2) is 4.98 Å². The maximum atomic E-state index is 12.2. The molecule has 0 unspecified atom stereocenters. The highest BCUT2D eigenvalue weighted by Crippen LogP contribution is 2.27. The number of hydrogen-bond donors (Lipinski definition) is 1. The van der Waals surface area contributed by atoms with Crippen molar-refractivity contribution in [1.29, 1.82) is 0 Å². The molecule has 134 valence electrons. The van der Waals surface area contributed by atoms with Gasteiger partial charge in [0.2, 0.25) is 5.91 Å². The lowest BCUT2D eigenvalue weighted by atomic mass is 10.0. The number of pyridine rings is 1. The fraction of sp³-hybridized carbons (Fsp3) is 0.238. The van der Waals surface area contributed by atoms with Crippen LogP contribution in [0.2, 0.25) is 5.02 Å². The van der Waals surface area contributed by atoms with Crippen LogP contribution in [0.4, 0.5) is 5.69 Å². The second kappa shape index (κ2) is 7.68. The summed E-state index contributed by atoms with van der Waals surface area (Å²) in [5, 5.41) is 5.56. The molecule has 1 N–H and O–H groups in total. The highest BCUT2D eigenvalue weighted by atomic mass is 35.5. The van der Waals surface area contributed by atoms with Crippen molar-refractivity contribution in [2.75, 3.05) is 11.1 Å². The molecule has 0 aliphatic heterocycles. The van der Waals surface area contributed by atoms with Crippen LogP contribution in [0.25, 0.3) is 10.9 Å². The molecule has 1 amide bonds. The van der Waals surface area contributed by atoms with Crippen LogP contribution in [0.3, 0.4) is 0 Å². The van der Waals surface area contributed by atoms with Crippen LogP contribution in [-0.4, -0.2) is 16.6 Å². The van der Waals surface area contributed by atoms with Crippen molar-refractivity contribution in [3.63, 3.8) is 0 Å². The molecule has 0 bridgehead atoms. The van der Waals surface area contributed by atoms with Crippen LogP contribution in [0.15, 0.2) is 41.4 Å². The molecule has 0 radical (unpaired) electrons. The van der Waals surface area contributed by atoms with Crippen LogP contribution in [0.5, 0.6) is 0 Å². The molecule has 3 aromatic rings. The fourth-order valence-corrected chi connectivity index (χ4v) is 3.84. The zero-order chi connectivity index (χ0) is 18.8. The molecule has 0 spiro atoms. The van der Waals surface area contributed by atoms with E-state index in [0.29, 0.717) is 16.5 Å². The van der Waals surface area contributed by atoms with Gasteiger partial charge >= 0.3 is 0 Å². The van der Waals surface area contributed by atoms with Crippen LogP contribution >= 0.6 is 23.4 Å². The first-order valence-corrected chi connectivity index (χ1v) is 9.77.